The Kier molecular flexibility index (Phi) is 6.21. The molecule has 6 heteroatoms. The third-order valence-electron chi connectivity index (χ3n) is 2.73. The molecule has 0 amide bonds. The highest BCUT2D eigenvalue weighted by atomic mass is 16.5. The smallest absolute Gasteiger partial charge is 0.308 e. The predicted octanol–water partition coefficient (Wildman–Crippen LogP) is 2.34. The summed E-state index contributed by atoms with van der Waals surface area (Å²) in [5.41, 5.74) is 0.779. The van der Waals surface area contributed by atoms with Crippen LogP contribution < -0.4 is 10.1 Å². The summed E-state index contributed by atoms with van der Waals surface area (Å²) in [7, 11) is 0. The van der Waals surface area contributed by atoms with Gasteiger partial charge in [0, 0.05) is 18.3 Å². The van der Waals surface area contributed by atoms with Crippen molar-refractivity contribution in [3.05, 3.63) is 11.8 Å². The zero-order valence-electron chi connectivity index (χ0n) is 12.5. The van der Waals surface area contributed by atoms with Crippen LogP contribution in [0.3, 0.4) is 0 Å². The minimum absolute atomic E-state index is 0.308. The van der Waals surface area contributed by atoms with Crippen LogP contribution in [0, 0.1) is 18.8 Å². The summed E-state index contributed by atoms with van der Waals surface area (Å²) in [5, 5.41) is 12.2. The third-order valence-corrected chi connectivity index (χ3v) is 2.73. The molecule has 0 aliphatic rings. The van der Waals surface area contributed by atoms with Crippen molar-refractivity contribution < 1.29 is 14.6 Å². The minimum atomic E-state index is -0.802. The van der Waals surface area contributed by atoms with E-state index in [4.69, 9.17) is 4.74 Å². The van der Waals surface area contributed by atoms with Gasteiger partial charge in [0.15, 0.2) is 0 Å². The second kappa shape index (κ2) is 7.67. The van der Waals surface area contributed by atoms with Gasteiger partial charge in [0.25, 0.3) is 0 Å². The van der Waals surface area contributed by atoms with Crippen molar-refractivity contribution >= 4 is 11.9 Å². The average molecular weight is 281 g/mol. The van der Waals surface area contributed by atoms with Crippen molar-refractivity contribution in [1.29, 1.82) is 0 Å². The zero-order chi connectivity index (χ0) is 15.1. The van der Waals surface area contributed by atoms with Gasteiger partial charge in [-0.2, -0.15) is 4.98 Å². The molecule has 0 aliphatic carbocycles. The molecule has 0 aliphatic heterocycles. The van der Waals surface area contributed by atoms with Gasteiger partial charge < -0.3 is 15.2 Å². The van der Waals surface area contributed by atoms with Gasteiger partial charge in [-0.25, -0.2) is 4.98 Å². The number of aliphatic carboxylic acids is 1. The molecule has 0 saturated carbocycles. The number of carboxylic acids is 1. The van der Waals surface area contributed by atoms with Crippen LogP contribution >= 0.6 is 0 Å². The highest BCUT2D eigenvalue weighted by Gasteiger charge is 2.19. The monoisotopic (exact) mass is 281 g/mol. The molecule has 1 aromatic heterocycles. The number of aryl methyl sites for hydroxylation is 1. The van der Waals surface area contributed by atoms with Crippen molar-refractivity contribution in [2.45, 2.75) is 34.1 Å². The van der Waals surface area contributed by atoms with Gasteiger partial charge in [-0.1, -0.05) is 13.8 Å². The number of carboxylic acid groups (broad SMARTS) is 1. The highest BCUT2D eigenvalue weighted by Crippen LogP contribution is 2.15. The van der Waals surface area contributed by atoms with Gasteiger partial charge in [-0.15, -0.1) is 0 Å². The first kappa shape index (κ1) is 16.2. The maximum atomic E-state index is 11.2. The Morgan fingerprint density at radius 2 is 2.15 bits per heavy atom. The van der Waals surface area contributed by atoms with Crippen LogP contribution in [0.1, 0.15) is 32.9 Å². The molecule has 1 rings (SSSR count). The molecule has 0 spiro atoms. The molecule has 0 aromatic carbocycles. The van der Waals surface area contributed by atoms with E-state index in [9.17, 15) is 9.90 Å². The van der Waals surface area contributed by atoms with Gasteiger partial charge in [-0.05, 0) is 26.2 Å². The van der Waals surface area contributed by atoms with Gasteiger partial charge in [0.2, 0.25) is 11.8 Å². The summed E-state index contributed by atoms with van der Waals surface area (Å²) < 4.78 is 5.34. The van der Waals surface area contributed by atoms with Gasteiger partial charge >= 0.3 is 5.97 Å². The highest BCUT2D eigenvalue weighted by molar-refractivity contribution is 5.70. The van der Waals surface area contributed by atoms with E-state index in [2.05, 4.69) is 15.3 Å². The molecule has 0 radical (unpaired) electrons. The number of carbonyl (C=O) groups is 1. The van der Waals surface area contributed by atoms with Crippen LogP contribution in [-0.4, -0.2) is 34.2 Å². The Morgan fingerprint density at radius 3 is 2.70 bits per heavy atom. The molecule has 0 bridgehead atoms. The van der Waals surface area contributed by atoms with Crippen LogP contribution in [-0.2, 0) is 4.79 Å². The van der Waals surface area contributed by atoms with Crippen molar-refractivity contribution in [2.75, 3.05) is 18.5 Å². The average Bonchev–Trinajstić information content (AvgIpc) is 2.33. The van der Waals surface area contributed by atoms with Crippen LogP contribution in [0.2, 0.25) is 0 Å². The standard InChI is InChI=1S/C14H23N3O3/c1-5-20-12-7-10(4)16-14(17-12)15-8-11(13(18)19)6-9(2)3/h7,9,11H,5-6,8H2,1-4H3,(H,18,19)(H,15,16,17). The number of hydrogen-bond acceptors (Lipinski definition) is 5. The summed E-state index contributed by atoms with van der Waals surface area (Å²) in [6, 6.07) is 1.75. The molecule has 2 N–H and O–H groups in total. The SMILES string of the molecule is CCOc1cc(C)nc(NCC(CC(C)C)C(=O)O)n1. The van der Waals surface area contributed by atoms with Crippen LogP contribution in [0.5, 0.6) is 5.88 Å². The Labute approximate surface area is 119 Å². The fraction of sp³-hybridized carbons (Fsp3) is 0.643. The molecule has 20 heavy (non-hydrogen) atoms. The van der Waals surface area contributed by atoms with Crippen molar-refractivity contribution in [2.24, 2.45) is 11.8 Å². The lowest BCUT2D eigenvalue weighted by Crippen LogP contribution is -2.25. The zero-order valence-corrected chi connectivity index (χ0v) is 12.5. The molecule has 1 unspecified atom stereocenters. The second-order valence-corrected chi connectivity index (χ2v) is 5.15. The largest absolute Gasteiger partial charge is 0.481 e. The molecule has 6 nitrogen and oxygen atoms in total. The van der Waals surface area contributed by atoms with E-state index in [1.165, 1.54) is 0 Å². The van der Waals surface area contributed by atoms with Crippen LogP contribution in [0.4, 0.5) is 5.95 Å². The van der Waals surface area contributed by atoms with E-state index >= 15 is 0 Å². The molecule has 1 aromatic rings. The molecule has 0 fully saturated rings. The fourth-order valence-corrected chi connectivity index (χ4v) is 1.90. The topological polar surface area (TPSA) is 84.3 Å². The van der Waals surface area contributed by atoms with E-state index in [0.717, 1.165) is 5.69 Å². The number of anilines is 1. The quantitative estimate of drug-likeness (QED) is 0.761. The maximum absolute atomic E-state index is 11.2. The first-order valence-electron chi connectivity index (χ1n) is 6.87. The van der Waals surface area contributed by atoms with E-state index in [-0.39, 0.29) is 0 Å². The maximum Gasteiger partial charge on any atom is 0.308 e. The van der Waals surface area contributed by atoms with Crippen LogP contribution in [0.25, 0.3) is 0 Å². The Balaban J connectivity index is 2.69. The molecular weight excluding hydrogens is 258 g/mol. The van der Waals surface area contributed by atoms with Gasteiger partial charge in [0.05, 0.1) is 12.5 Å². The summed E-state index contributed by atoms with van der Waals surface area (Å²) in [5.74, 6) is -0.0180. The fourth-order valence-electron chi connectivity index (χ4n) is 1.90. The molecule has 0 saturated heterocycles. The van der Waals surface area contributed by atoms with E-state index in [1.807, 2.05) is 27.7 Å². The summed E-state index contributed by atoms with van der Waals surface area (Å²) in [4.78, 5) is 19.6. The normalized spacial score (nSPS) is 12.2. The van der Waals surface area contributed by atoms with Crippen molar-refractivity contribution in [3.8, 4) is 5.88 Å². The Hall–Kier alpha value is -1.85. The Bertz CT molecular complexity index is 449. The minimum Gasteiger partial charge on any atom is -0.481 e. The molecular formula is C14H23N3O3. The lowest BCUT2D eigenvalue weighted by atomic mass is 9.97. The number of aromatic nitrogens is 2. The first-order valence-corrected chi connectivity index (χ1v) is 6.87. The summed E-state index contributed by atoms with van der Waals surface area (Å²) in [6.07, 6.45) is 0.618. The Morgan fingerprint density at radius 1 is 1.45 bits per heavy atom. The van der Waals surface area contributed by atoms with Crippen molar-refractivity contribution in [1.82, 2.24) is 9.97 Å². The molecule has 1 atom stereocenters. The number of rotatable bonds is 8. The molecule has 112 valence electrons. The van der Waals surface area contributed by atoms with E-state index in [1.54, 1.807) is 6.07 Å². The van der Waals surface area contributed by atoms with Gasteiger partial charge in [-0.3, -0.25) is 4.79 Å². The van der Waals surface area contributed by atoms with Gasteiger partial charge in [0.1, 0.15) is 0 Å². The summed E-state index contributed by atoms with van der Waals surface area (Å²) in [6.45, 7) is 8.58. The van der Waals surface area contributed by atoms with Crippen molar-refractivity contribution in [3.63, 3.8) is 0 Å². The lowest BCUT2D eigenvalue weighted by molar-refractivity contribution is -0.141. The number of nitrogens with zero attached hydrogens (tertiary/aromatic N) is 2. The van der Waals surface area contributed by atoms with E-state index in [0.29, 0.717) is 37.3 Å². The second-order valence-electron chi connectivity index (χ2n) is 5.15. The molecule has 1 heterocycles. The van der Waals surface area contributed by atoms with Crippen LogP contribution in [0.15, 0.2) is 6.07 Å². The summed E-state index contributed by atoms with van der Waals surface area (Å²) >= 11 is 0. The predicted molar refractivity (Wildman–Crippen MR) is 77.0 cm³/mol. The lowest BCUT2D eigenvalue weighted by Gasteiger charge is -2.15. The number of ether oxygens (including phenoxy) is 1. The first-order chi connectivity index (χ1) is 9.42. The number of nitrogens with one attached hydrogen (secondary N) is 1. The van der Waals surface area contributed by atoms with E-state index < -0.39 is 11.9 Å². The third kappa shape index (κ3) is 5.42. The number of hydrogen-bond donors (Lipinski definition) is 2.